The van der Waals surface area contributed by atoms with Crippen LogP contribution in [0.4, 0.5) is 0 Å². The summed E-state index contributed by atoms with van der Waals surface area (Å²) < 4.78 is 32.6. The average Bonchev–Trinajstić information content (AvgIpc) is 2.93. The number of methoxy groups -OCH3 is 1. The van der Waals surface area contributed by atoms with Crippen LogP contribution in [0.3, 0.4) is 0 Å². The molecule has 1 aromatic heterocycles. The minimum Gasteiger partial charge on any atom is -0.463 e. The lowest BCUT2D eigenvalue weighted by atomic mass is 9.98. The Balaban J connectivity index is 2.12. The summed E-state index contributed by atoms with van der Waals surface area (Å²) in [4.78, 5) is 11.2. The predicted octanol–water partition coefficient (Wildman–Crippen LogP) is 0.501. The summed E-state index contributed by atoms with van der Waals surface area (Å²) in [7, 11) is -1.72. The van der Waals surface area contributed by atoms with E-state index in [1.807, 2.05) is 0 Å². The molecule has 6 nitrogen and oxygen atoms in total. The second kappa shape index (κ2) is 4.74. The van der Waals surface area contributed by atoms with E-state index in [1.165, 1.54) is 13.2 Å². The van der Waals surface area contributed by atoms with E-state index in [0.717, 1.165) is 0 Å². The summed E-state index contributed by atoms with van der Waals surface area (Å²) in [5, 5.41) is 0. The molecular weight excluding hydrogens is 258 g/mol. The van der Waals surface area contributed by atoms with Crippen molar-refractivity contribution in [1.29, 1.82) is 0 Å². The van der Waals surface area contributed by atoms with Crippen molar-refractivity contribution in [2.24, 2.45) is 11.7 Å². The highest BCUT2D eigenvalue weighted by Gasteiger charge is 2.34. The Hall–Kier alpha value is -1.34. The zero-order valence-electron chi connectivity index (χ0n) is 9.96. The maximum atomic E-state index is 11.4. The molecule has 0 aromatic carbocycles. The van der Waals surface area contributed by atoms with Gasteiger partial charge in [0, 0.05) is 0 Å². The van der Waals surface area contributed by atoms with Crippen LogP contribution in [0.1, 0.15) is 28.8 Å². The molecular formula is C11H15NO5S. The van der Waals surface area contributed by atoms with Gasteiger partial charge in [0.25, 0.3) is 0 Å². The molecule has 1 fully saturated rings. The van der Waals surface area contributed by atoms with Crippen LogP contribution in [-0.4, -0.2) is 33.0 Å². The van der Waals surface area contributed by atoms with Gasteiger partial charge >= 0.3 is 5.97 Å². The van der Waals surface area contributed by atoms with Crippen molar-refractivity contribution in [3.8, 4) is 0 Å². The van der Waals surface area contributed by atoms with Gasteiger partial charge in [-0.2, -0.15) is 0 Å². The minimum absolute atomic E-state index is 0.0718. The van der Waals surface area contributed by atoms with Crippen molar-refractivity contribution in [3.63, 3.8) is 0 Å². The first-order valence-electron chi connectivity index (χ1n) is 5.57. The topological polar surface area (TPSA) is 99.6 Å². The summed E-state index contributed by atoms with van der Waals surface area (Å²) in [6, 6.07) is 2.55. The van der Waals surface area contributed by atoms with E-state index < -0.39 is 21.8 Å². The molecule has 18 heavy (non-hydrogen) atoms. The molecule has 2 heterocycles. The first-order valence-corrected chi connectivity index (χ1v) is 7.39. The fraction of sp³-hybridized carbons (Fsp3) is 0.545. The molecule has 0 bridgehead atoms. The SMILES string of the molecule is COC(=O)c1ccc(C(N)C2CCS(=O)(=O)C2)o1. The van der Waals surface area contributed by atoms with E-state index in [1.54, 1.807) is 6.07 Å². The third-order valence-corrected chi connectivity index (χ3v) is 4.91. The largest absolute Gasteiger partial charge is 0.463 e. The Morgan fingerprint density at radius 2 is 2.28 bits per heavy atom. The van der Waals surface area contributed by atoms with Crippen molar-refractivity contribution in [2.75, 3.05) is 18.6 Å². The Morgan fingerprint density at radius 3 is 2.83 bits per heavy atom. The fourth-order valence-corrected chi connectivity index (χ4v) is 3.94. The highest BCUT2D eigenvalue weighted by atomic mass is 32.2. The lowest BCUT2D eigenvalue weighted by Crippen LogP contribution is -2.22. The van der Waals surface area contributed by atoms with Gasteiger partial charge in [0.05, 0.1) is 24.7 Å². The van der Waals surface area contributed by atoms with Crippen LogP contribution >= 0.6 is 0 Å². The third kappa shape index (κ3) is 2.56. The Bertz CT molecular complexity index is 548. The number of carbonyl (C=O) groups excluding carboxylic acids is 1. The second-order valence-electron chi connectivity index (χ2n) is 4.38. The van der Waals surface area contributed by atoms with Crippen LogP contribution in [0.15, 0.2) is 16.5 Å². The first-order chi connectivity index (χ1) is 8.43. The van der Waals surface area contributed by atoms with E-state index in [-0.39, 0.29) is 23.2 Å². The van der Waals surface area contributed by atoms with Crippen molar-refractivity contribution in [1.82, 2.24) is 0 Å². The Kier molecular flexibility index (Phi) is 3.45. The number of rotatable bonds is 3. The van der Waals surface area contributed by atoms with E-state index in [4.69, 9.17) is 10.2 Å². The molecule has 0 aliphatic carbocycles. The standard InChI is InChI=1S/C11H15NO5S/c1-16-11(13)9-3-2-8(17-9)10(12)7-4-5-18(14,15)6-7/h2-3,7,10H,4-6,12H2,1H3. The number of ether oxygens (including phenoxy) is 1. The molecule has 2 unspecified atom stereocenters. The maximum Gasteiger partial charge on any atom is 0.373 e. The molecule has 0 amide bonds. The fourth-order valence-electron chi connectivity index (χ4n) is 2.08. The van der Waals surface area contributed by atoms with E-state index in [0.29, 0.717) is 12.2 Å². The van der Waals surface area contributed by atoms with Gasteiger partial charge in [-0.05, 0) is 24.5 Å². The van der Waals surface area contributed by atoms with E-state index in [2.05, 4.69) is 4.74 Å². The smallest absolute Gasteiger partial charge is 0.373 e. The minimum atomic E-state index is -2.98. The summed E-state index contributed by atoms with van der Waals surface area (Å²) in [5.74, 6) is -0.0151. The van der Waals surface area contributed by atoms with Gasteiger partial charge in [-0.1, -0.05) is 0 Å². The molecule has 100 valence electrons. The van der Waals surface area contributed by atoms with Crippen molar-refractivity contribution in [3.05, 3.63) is 23.7 Å². The number of furan rings is 1. The molecule has 1 aromatic rings. The van der Waals surface area contributed by atoms with Gasteiger partial charge < -0.3 is 14.9 Å². The van der Waals surface area contributed by atoms with E-state index in [9.17, 15) is 13.2 Å². The maximum absolute atomic E-state index is 11.4. The molecule has 1 aliphatic rings. The Labute approximate surface area is 105 Å². The number of hydrogen-bond donors (Lipinski definition) is 1. The molecule has 0 saturated carbocycles. The number of carbonyl (C=O) groups is 1. The molecule has 2 rings (SSSR count). The summed E-state index contributed by atoms with van der Waals surface area (Å²) in [5.41, 5.74) is 5.97. The molecule has 0 radical (unpaired) electrons. The van der Waals surface area contributed by atoms with Crippen LogP contribution in [0.5, 0.6) is 0 Å². The van der Waals surface area contributed by atoms with Gasteiger partial charge in [-0.3, -0.25) is 0 Å². The number of esters is 1. The summed E-state index contributed by atoms with van der Waals surface area (Å²) in [6.07, 6.45) is 0.526. The van der Waals surface area contributed by atoms with Crippen LogP contribution in [0.2, 0.25) is 0 Å². The van der Waals surface area contributed by atoms with Crippen LogP contribution in [-0.2, 0) is 14.6 Å². The Morgan fingerprint density at radius 1 is 1.56 bits per heavy atom. The number of nitrogens with two attached hydrogens (primary N) is 1. The first kappa shape index (κ1) is 13.1. The summed E-state index contributed by atoms with van der Waals surface area (Å²) >= 11 is 0. The normalized spacial score (nSPS) is 23.8. The van der Waals surface area contributed by atoms with Gasteiger partial charge in [0.2, 0.25) is 5.76 Å². The molecule has 0 spiro atoms. The number of hydrogen-bond acceptors (Lipinski definition) is 6. The quantitative estimate of drug-likeness (QED) is 0.805. The van der Waals surface area contributed by atoms with Crippen molar-refractivity contribution >= 4 is 15.8 Å². The molecule has 1 saturated heterocycles. The van der Waals surface area contributed by atoms with Crippen LogP contribution in [0, 0.1) is 5.92 Å². The van der Waals surface area contributed by atoms with Gasteiger partial charge in [0.15, 0.2) is 9.84 Å². The second-order valence-corrected chi connectivity index (χ2v) is 6.61. The molecule has 2 N–H and O–H groups in total. The number of sulfone groups is 1. The zero-order valence-corrected chi connectivity index (χ0v) is 10.8. The van der Waals surface area contributed by atoms with Crippen LogP contribution < -0.4 is 5.73 Å². The molecule has 2 atom stereocenters. The van der Waals surface area contributed by atoms with Gasteiger partial charge in [-0.25, -0.2) is 13.2 Å². The zero-order chi connectivity index (χ0) is 13.3. The monoisotopic (exact) mass is 273 g/mol. The average molecular weight is 273 g/mol. The summed E-state index contributed by atoms with van der Waals surface area (Å²) in [6.45, 7) is 0. The highest BCUT2D eigenvalue weighted by molar-refractivity contribution is 7.91. The predicted molar refractivity (Wildman–Crippen MR) is 63.7 cm³/mol. The van der Waals surface area contributed by atoms with Gasteiger partial charge in [-0.15, -0.1) is 0 Å². The van der Waals surface area contributed by atoms with Crippen molar-refractivity contribution < 1.29 is 22.4 Å². The lowest BCUT2D eigenvalue weighted by molar-refractivity contribution is 0.0561. The van der Waals surface area contributed by atoms with Gasteiger partial charge in [0.1, 0.15) is 5.76 Å². The third-order valence-electron chi connectivity index (χ3n) is 3.12. The lowest BCUT2D eigenvalue weighted by Gasteiger charge is -2.14. The van der Waals surface area contributed by atoms with E-state index >= 15 is 0 Å². The highest BCUT2D eigenvalue weighted by Crippen LogP contribution is 2.30. The molecule has 7 heteroatoms. The van der Waals surface area contributed by atoms with Crippen LogP contribution in [0.25, 0.3) is 0 Å². The van der Waals surface area contributed by atoms with Crippen molar-refractivity contribution in [2.45, 2.75) is 12.5 Å². The molecule has 1 aliphatic heterocycles.